The van der Waals surface area contributed by atoms with Gasteiger partial charge in [-0.15, -0.1) is 15.3 Å². The first-order valence-electron chi connectivity index (χ1n) is 10.4. The lowest BCUT2D eigenvalue weighted by molar-refractivity contribution is -0.149. The average Bonchev–Trinajstić information content (AvgIpc) is 3.24. The number of fused-ring (bicyclic) bond motifs is 1. The van der Waals surface area contributed by atoms with Crippen molar-refractivity contribution in [2.45, 2.75) is 25.4 Å². The first-order valence-corrected chi connectivity index (χ1v) is 10.4. The first kappa shape index (κ1) is 22.7. The molecular weight excluding hydrogens is 446 g/mol. The Balaban J connectivity index is 1.23. The van der Waals surface area contributed by atoms with Crippen molar-refractivity contribution in [2.75, 3.05) is 31.2 Å². The van der Waals surface area contributed by atoms with Gasteiger partial charge in [0.2, 0.25) is 0 Å². The Morgan fingerprint density at radius 2 is 1.76 bits per heavy atom. The molecule has 0 atom stereocenters. The standard InChI is InChI=1S/C21H21F4N5O3/c22-15-2-4-16(5-3-15)32-12-1-13-33-19(31)14-8-10-29(11-9-14)18-7-6-17-26-27-20(21(23,24)25)30(17)28-18/h2-7,14H,1,8-13H2. The van der Waals surface area contributed by atoms with E-state index in [1.807, 2.05) is 4.90 Å². The smallest absolute Gasteiger partial charge is 0.453 e. The lowest BCUT2D eigenvalue weighted by Crippen LogP contribution is -2.37. The fourth-order valence-corrected chi connectivity index (χ4v) is 3.54. The van der Waals surface area contributed by atoms with E-state index in [1.165, 1.54) is 30.3 Å². The number of rotatable bonds is 7. The van der Waals surface area contributed by atoms with Crippen LogP contribution in [0.5, 0.6) is 5.75 Å². The second-order valence-electron chi connectivity index (χ2n) is 7.57. The van der Waals surface area contributed by atoms with Crippen LogP contribution in [0.25, 0.3) is 5.65 Å². The minimum absolute atomic E-state index is 0.00736. The molecule has 3 heterocycles. The zero-order valence-corrected chi connectivity index (χ0v) is 17.5. The lowest BCUT2D eigenvalue weighted by atomic mass is 9.97. The van der Waals surface area contributed by atoms with Crippen LogP contribution in [0.3, 0.4) is 0 Å². The Hall–Kier alpha value is -3.44. The Kier molecular flexibility index (Phi) is 6.61. The molecule has 1 aromatic carbocycles. The summed E-state index contributed by atoms with van der Waals surface area (Å²) in [5.74, 6) is -1.22. The van der Waals surface area contributed by atoms with Crippen molar-refractivity contribution >= 4 is 17.4 Å². The number of esters is 1. The van der Waals surface area contributed by atoms with Crippen molar-refractivity contribution in [1.82, 2.24) is 19.8 Å². The summed E-state index contributed by atoms with van der Waals surface area (Å²) in [6.45, 7) is 1.44. The third-order valence-corrected chi connectivity index (χ3v) is 5.27. The molecular formula is C21H21F4N5O3. The zero-order chi connectivity index (χ0) is 23.4. The molecule has 0 unspecified atom stereocenters. The van der Waals surface area contributed by atoms with Crippen LogP contribution in [0.15, 0.2) is 36.4 Å². The predicted molar refractivity (Wildman–Crippen MR) is 108 cm³/mol. The fraction of sp³-hybridized carbons (Fsp3) is 0.429. The van der Waals surface area contributed by atoms with Gasteiger partial charge in [0.25, 0.3) is 5.82 Å². The third kappa shape index (κ3) is 5.49. The van der Waals surface area contributed by atoms with Gasteiger partial charge in [0.15, 0.2) is 5.65 Å². The highest BCUT2D eigenvalue weighted by atomic mass is 19.4. The summed E-state index contributed by atoms with van der Waals surface area (Å²) in [6.07, 6.45) is -3.17. The van der Waals surface area contributed by atoms with Gasteiger partial charge in [0.1, 0.15) is 17.4 Å². The Labute approximate surface area is 186 Å². The highest BCUT2D eigenvalue weighted by Crippen LogP contribution is 2.29. The van der Waals surface area contributed by atoms with Crippen molar-refractivity contribution in [3.63, 3.8) is 0 Å². The SMILES string of the molecule is O=C(OCCCOc1ccc(F)cc1)C1CCN(c2ccc3nnc(C(F)(F)F)n3n2)CC1. The van der Waals surface area contributed by atoms with Gasteiger partial charge < -0.3 is 14.4 Å². The highest BCUT2D eigenvalue weighted by Gasteiger charge is 2.38. The zero-order valence-electron chi connectivity index (χ0n) is 17.5. The summed E-state index contributed by atoms with van der Waals surface area (Å²) < 4.78 is 63.5. The molecule has 0 aliphatic carbocycles. The van der Waals surface area contributed by atoms with E-state index >= 15 is 0 Å². The van der Waals surface area contributed by atoms with Crippen molar-refractivity contribution in [1.29, 1.82) is 0 Å². The topological polar surface area (TPSA) is 81.9 Å². The van der Waals surface area contributed by atoms with E-state index in [2.05, 4.69) is 15.3 Å². The second-order valence-corrected chi connectivity index (χ2v) is 7.57. The number of halogens is 4. The van der Waals surface area contributed by atoms with Gasteiger partial charge in [-0.05, 0) is 49.2 Å². The molecule has 1 aliphatic heterocycles. The van der Waals surface area contributed by atoms with E-state index in [0.717, 1.165) is 0 Å². The van der Waals surface area contributed by atoms with Crippen LogP contribution in [0.4, 0.5) is 23.4 Å². The number of benzene rings is 1. The Morgan fingerprint density at radius 3 is 2.45 bits per heavy atom. The van der Waals surface area contributed by atoms with Gasteiger partial charge in [0, 0.05) is 19.5 Å². The highest BCUT2D eigenvalue weighted by molar-refractivity contribution is 5.72. The summed E-state index contributed by atoms with van der Waals surface area (Å²) in [7, 11) is 0. The maximum absolute atomic E-state index is 13.1. The molecule has 33 heavy (non-hydrogen) atoms. The molecule has 3 aromatic rings. The maximum Gasteiger partial charge on any atom is 0.453 e. The van der Waals surface area contributed by atoms with E-state index in [4.69, 9.17) is 9.47 Å². The van der Waals surface area contributed by atoms with E-state index in [-0.39, 0.29) is 30.0 Å². The molecule has 1 saturated heterocycles. The summed E-state index contributed by atoms with van der Waals surface area (Å²) >= 11 is 0. The van der Waals surface area contributed by atoms with Crippen LogP contribution < -0.4 is 9.64 Å². The first-order chi connectivity index (χ1) is 15.8. The molecule has 0 N–H and O–H groups in total. The van der Waals surface area contributed by atoms with Crippen LogP contribution in [0.2, 0.25) is 0 Å². The second kappa shape index (κ2) is 9.59. The molecule has 0 radical (unpaired) electrons. The van der Waals surface area contributed by atoms with E-state index in [0.29, 0.717) is 55.0 Å². The Bertz CT molecular complexity index is 1100. The molecule has 176 valence electrons. The number of anilines is 1. The molecule has 0 bridgehead atoms. The quantitative estimate of drug-likeness (QED) is 0.299. The number of ether oxygens (including phenoxy) is 2. The van der Waals surface area contributed by atoms with Crippen LogP contribution in [-0.2, 0) is 15.7 Å². The average molecular weight is 467 g/mol. The van der Waals surface area contributed by atoms with Crippen molar-refractivity contribution in [3.05, 3.63) is 48.0 Å². The number of carbonyl (C=O) groups is 1. The number of piperidine rings is 1. The van der Waals surface area contributed by atoms with Crippen LogP contribution >= 0.6 is 0 Å². The van der Waals surface area contributed by atoms with Crippen molar-refractivity contribution < 1.29 is 31.8 Å². The molecule has 12 heteroatoms. The molecule has 0 amide bonds. The number of nitrogens with zero attached hydrogens (tertiary/aromatic N) is 5. The summed E-state index contributed by atoms with van der Waals surface area (Å²) in [5, 5.41) is 10.7. The molecule has 0 saturated carbocycles. The molecule has 1 fully saturated rings. The van der Waals surface area contributed by atoms with Crippen molar-refractivity contribution in [2.24, 2.45) is 5.92 Å². The minimum atomic E-state index is -4.66. The number of aromatic nitrogens is 4. The van der Waals surface area contributed by atoms with Gasteiger partial charge >= 0.3 is 12.1 Å². The summed E-state index contributed by atoms with van der Waals surface area (Å²) in [4.78, 5) is 14.1. The van der Waals surface area contributed by atoms with Gasteiger partial charge in [-0.25, -0.2) is 4.39 Å². The van der Waals surface area contributed by atoms with E-state index in [1.54, 1.807) is 6.07 Å². The Morgan fingerprint density at radius 1 is 1.03 bits per heavy atom. The number of hydrogen-bond donors (Lipinski definition) is 0. The van der Waals surface area contributed by atoms with E-state index in [9.17, 15) is 22.4 Å². The fourth-order valence-electron chi connectivity index (χ4n) is 3.54. The minimum Gasteiger partial charge on any atom is -0.493 e. The predicted octanol–water partition coefficient (Wildman–Crippen LogP) is 3.51. The number of hydrogen-bond acceptors (Lipinski definition) is 7. The largest absolute Gasteiger partial charge is 0.493 e. The van der Waals surface area contributed by atoms with Crippen LogP contribution in [0.1, 0.15) is 25.1 Å². The lowest BCUT2D eigenvalue weighted by Gasteiger charge is -2.31. The van der Waals surface area contributed by atoms with Crippen LogP contribution in [0, 0.1) is 11.7 Å². The van der Waals surface area contributed by atoms with Gasteiger partial charge in [0.05, 0.1) is 19.1 Å². The molecule has 4 rings (SSSR count). The molecule has 8 nitrogen and oxygen atoms in total. The van der Waals surface area contributed by atoms with Gasteiger partial charge in [-0.1, -0.05) is 0 Å². The number of carbonyl (C=O) groups excluding carboxylic acids is 1. The summed E-state index contributed by atoms with van der Waals surface area (Å²) in [5.41, 5.74) is 0.00736. The van der Waals surface area contributed by atoms with E-state index < -0.39 is 12.0 Å². The normalized spacial score (nSPS) is 15.1. The van der Waals surface area contributed by atoms with Crippen molar-refractivity contribution in [3.8, 4) is 5.75 Å². The molecule has 0 spiro atoms. The number of alkyl halides is 3. The molecule has 2 aromatic heterocycles. The maximum atomic E-state index is 13.1. The van der Waals surface area contributed by atoms with Gasteiger partial charge in [-0.3, -0.25) is 4.79 Å². The molecule has 1 aliphatic rings. The summed E-state index contributed by atoms with van der Waals surface area (Å²) in [6, 6.07) is 8.67. The monoisotopic (exact) mass is 467 g/mol. The van der Waals surface area contributed by atoms with Crippen LogP contribution in [-0.4, -0.2) is 52.1 Å². The van der Waals surface area contributed by atoms with Gasteiger partial charge in [-0.2, -0.15) is 17.7 Å². The third-order valence-electron chi connectivity index (χ3n) is 5.27.